The molecular weight excluding hydrogens is 282 g/mol. The normalized spacial score (nSPS) is 17.9. The largest absolute Gasteiger partial charge is 0.453 e. The molecule has 1 unspecified atom stereocenters. The fourth-order valence-corrected chi connectivity index (χ4v) is 2.74. The number of carbonyl (C=O) groups excluding carboxylic acids is 2. The third-order valence-corrected chi connectivity index (χ3v) is 4.06. The quantitative estimate of drug-likeness (QED) is 0.847. The molecule has 0 radical (unpaired) electrons. The number of likely N-dealkylation sites (tertiary alicyclic amines) is 1. The number of pyridine rings is 1. The Morgan fingerprint density at radius 1 is 1.41 bits per heavy atom. The Balaban J connectivity index is 1.85. The fourth-order valence-electron chi connectivity index (χ4n) is 2.74. The summed E-state index contributed by atoms with van der Waals surface area (Å²) in [4.78, 5) is 31.5. The van der Waals surface area contributed by atoms with Gasteiger partial charge in [0.1, 0.15) is 0 Å². The standard InChI is InChI=1S/C16H23N3O3/c1-18(11-7-13-5-8-17-9-6-13)15(20)14-4-3-10-19(12-14)16(21)22-2/h5-6,8-9,14H,3-4,7,10-12H2,1-2H3. The molecule has 2 heterocycles. The van der Waals surface area contributed by atoms with E-state index in [0.717, 1.165) is 24.8 Å². The highest BCUT2D eigenvalue weighted by Gasteiger charge is 2.30. The lowest BCUT2D eigenvalue weighted by molar-refractivity contribution is -0.135. The zero-order chi connectivity index (χ0) is 15.9. The first-order chi connectivity index (χ1) is 10.6. The molecule has 1 aromatic rings. The molecular formula is C16H23N3O3. The SMILES string of the molecule is COC(=O)N1CCCC(C(=O)N(C)CCc2ccncc2)C1. The summed E-state index contributed by atoms with van der Waals surface area (Å²) >= 11 is 0. The van der Waals surface area contributed by atoms with Crippen molar-refractivity contribution in [1.82, 2.24) is 14.8 Å². The average molecular weight is 305 g/mol. The number of hydrogen-bond acceptors (Lipinski definition) is 4. The van der Waals surface area contributed by atoms with Gasteiger partial charge in [-0.05, 0) is 37.0 Å². The average Bonchev–Trinajstić information content (AvgIpc) is 2.59. The van der Waals surface area contributed by atoms with Crippen molar-refractivity contribution >= 4 is 12.0 Å². The Morgan fingerprint density at radius 3 is 2.82 bits per heavy atom. The van der Waals surface area contributed by atoms with E-state index in [1.807, 2.05) is 19.2 Å². The minimum Gasteiger partial charge on any atom is -0.453 e. The van der Waals surface area contributed by atoms with Gasteiger partial charge in [0.15, 0.2) is 0 Å². The lowest BCUT2D eigenvalue weighted by Crippen LogP contribution is -2.46. The van der Waals surface area contributed by atoms with E-state index in [4.69, 9.17) is 4.74 Å². The van der Waals surface area contributed by atoms with E-state index >= 15 is 0 Å². The molecule has 0 spiro atoms. The van der Waals surface area contributed by atoms with Crippen molar-refractivity contribution in [1.29, 1.82) is 0 Å². The third kappa shape index (κ3) is 4.19. The maximum atomic E-state index is 12.5. The van der Waals surface area contributed by atoms with Crippen LogP contribution in [0.3, 0.4) is 0 Å². The topological polar surface area (TPSA) is 62.7 Å². The van der Waals surface area contributed by atoms with Crippen LogP contribution in [0.15, 0.2) is 24.5 Å². The van der Waals surface area contributed by atoms with Crippen LogP contribution in [0, 0.1) is 5.92 Å². The summed E-state index contributed by atoms with van der Waals surface area (Å²) in [5.74, 6) is -0.0297. The molecule has 0 saturated carbocycles. The molecule has 1 fully saturated rings. The molecule has 1 aliphatic heterocycles. The smallest absolute Gasteiger partial charge is 0.409 e. The predicted molar refractivity (Wildman–Crippen MR) is 82.3 cm³/mol. The number of hydrogen-bond donors (Lipinski definition) is 0. The Bertz CT molecular complexity index is 507. The summed E-state index contributed by atoms with van der Waals surface area (Å²) < 4.78 is 4.74. The van der Waals surface area contributed by atoms with Crippen molar-refractivity contribution < 1.29 is 14.3 Å². The number of piperidine rings is 1. The number of aromatic nitrogens is 1. The second kappa shape index (κ2) is 7.77. The van der Waals surface area contributed by atoms with Gasteiger partial charge in [-0.3, -0.25) is 9.78 Å². The van der Waals surface area contributed by atoms with Crippen molar-refractivity contribution in [3.05, 3.63) is 30.1 Å². The van der Waals surface area contributed by atoms with Crippen LogP contribution in [0.2, 0.25) is 0 Å². The Hall–Kier alpha value is -2.11. The molecule has 6 heteroatoms. The lowest BCUT2D eigenvalue weighted by atomic mass is 9.97. The number of likely N-dealkylation sites (N-methyl/N-ethyl adjacent to an activating group) is 1. The van der Waals surface area contributed by atoms with E-state index in [9.17, 15) is 9.59 Å². The zero-order valence-corrected chi connectivity index (χ0v) is 13.2. The van der Waals surface area contributed by atoms with Gasteiger partial charge in [0.05, 0.1) is 13.0 Å². The number of rotatable bonds is 4. The minimum atomic E-state index is -0.350. The highest BCUT2D eigenvalue weighted by Crippen LogP contribution is 2.19. The minimum absolute atomic E-state index is 0.0997. The predicted octanol–water partition coefficient (Wildman–Crippen LogP) is 1.56. The van der Waals surface area contributed by atoms with E-state index in [1.165, 1.54) is 7.11 Å². The molecule has 0 aliphatic carbocycles. The monoisotopic (exact) mass is 305 g/mol. The molecule has 1 saturated heterocycles. The number of nitrogens with zero attached hydrogens (tertiary/aromatic N) is 3. The third-order valence-electron chi connectivity index (χ3n) is 4.06. The molecule has 120 valence electrons. The van der Waals surface area contributed by atoms with Gasteiger partial charge in [-0.15, -0.1) is 0 Å². The van der Waals surface area contributed by atoms with Crippen LogP contribution in [0.25, 0.3) is 0 Å². The molecule has 2 rings (SSSR count). The lowest BCUT2D eigenvalue weighted by Gasteiger charge is -2.33. The maximum Gasteiger partial charge on any atom is 0.409 e. The number of carbonyl (C=O) groups is 2. The fraction of sp³-hybridized carbons (Fsp3) is 0.562. The van der Waals surface area contributed by atoms with E-state index in [0.29, 0.717) is 19.6 Å². The second-order valence-electron chi connectivity index (χ2n) is 5.62. The van der Waals surface area contributed by atoms with Gasteiger partial charge >= 0.3 is 6.09 Å². The van der Waals surface area contributed by atoms with Crippen molar-refractivity contribution in [2.24, 2.45) is 5.92 Å². The Morgan fingerprint density at radius 2 is 2.14 bits per heavy atom. The van der Waals surface area contributed by atoms with Crippen LogP contribution in [0.1, 0.15) is 18.4 Å². The van der Waals surface area contributed by atoms with Gasteiger partial charge < -0.3 is 14.5 Å². The molecule has 0 N–H and O–H groups in total. The van der Waals surface area contributed by atoms with Crippen LogP contribution in [-0.2, 0) is 16.0 Å². The molecule has 22 heavy (non-hydrogen) atoms. The number of methoxy groups -OCH3 is 1. The second-order valence-corrected chi connectivity index (χ2v) is 5.62. The highest BCUT2D eigenvalue weighted by atomic mass is 16.5. The van der Waals surface area contributed by atoms with Crippen LogP contribution in [0.5, 0.6) is 0 Å². The van der Waals surface area contributed by atoms with Gasteiger partial charge in [-0.2, -0.15) is 0 Å². The summed E-state index contributed by atoms with van der Waals surface area (Å²) in [6, 6.07) is 3.91. The Labute approximate surface area is 131 Å². The highest BCUT2D eigenvalue weighted by molar-refractivity contribution is 5.80. The van der Waals surface area contributed by atoms with Crippen molar-refractivity contribution in [3.63, 3.8) is 0 Å². The zero-order valence-electron chi connectivity index (χ0n) is 13.2. The summed E-state index contributed by atoms with van der Waals surface area (Å²) in [5.41, 5.74) is 1.16. The summed E-state index contributed by atoms with van der Waals surface area (Å²) in [6.07, 6.45) is 5.63. The molecule has 2 amide bonds. The molecule has 6 nitrogen and oxygen atoms in total. The van der Waals surface area contributed by atoms with Crippen molar-refractivity contribution in [2.75, 3.05) is 33.8 Å². The Kier molecular flexibility index (Phi) is 5.75. The van der Waals surface area contributed by atoms with Crippen molar-refractivity contribution in [3.8, 4) is 0 Å². The van der Waals surface area contributed by atoms with Gasteiger partial charge in [-0.25, -0.2) is 4.79 Å². The van der Waals surface area contributed by atoms with Crippen LogP contribution < -0.4 is 0 Å². The number of amides is 2. The van der Waals surface area contributed by atoms with E-state index in [1.54, 1.807) is 22.2 Å². The van der Waals surface area contributed by atoms with E-state index < -0.39 is 0 Å². The van der Waals surface area contributed by atoms with Crippen LogP contribution in [-0.4, -0.2) is 60.6 Å². The molecule has 0 aromatic carbocycles. The first kappa shape index (κ1) is 16.3. The molecule has 1 aliphatic rings. The van der Waals surface area contributed by atoms with Gasteiger partial charge in [0.25, 0.3) is 0 Å². The van der Waals surface area contributed by atoms with E-state index in [-0.39, 0.29) is 17.9 Å². The van der Waals surface area contributed by atoms with E-state index in [2.05, 4.69) is 4.98 Å². The molecule has 1 aromatic heterocycles. The van der Waals surface area contributed by atoms with Crippen molar-refractivity contribution in [2.45, 2.75) is 19.3 Å². The van der Waals surface area contributed by atoms with Gasteiger partial charge in [0, 0.05) is 39.1 Å². The first-order valence-corrected chi connectivity index (χ1v) is 7.58. The van der Waals surface area contributed by atoms with Gasteiger partial charge in [0.2, 0.25) is 5.91 Å². The van der Waals surface area contributed by atoms with Gasteiger partial charge in [-0.1, -0.05) is 0 Å². The number of ether oxygens (including phenoxy) is 1. The van der Waals surface area contributed by atoms with Crippen LogP contribution >= 0.6 is 0 Å². The summed E-state index contributed by atoms with van der Waals surface area (Å²) in [5, 5.41) is 0. The molecule has 1 atom stereocenters. The first-order valence-electron chi connectivity index (χ1n) is 7.58. The summed E-state index contributed by atoms with van der Waals surface area (Å²) in [7, 11) is 3.19. The summed E-state index contributed by atoms with van der Waals surface area (Å²) in [6.45, 7) is 1.78. The molecule has 0 bridgehead atoms. The maximum absolute atomic E-state index is 12.5. The van der Waals surface area contributed by atoms with Crippen LogP contribution in [0.4, 0.5) is 4.79 Å².